The number of amides is 1. The van der Waals surface area contributed by atoms with Gasteiger partial charge >= 0.3 is 5.69 Å². The van der Waals surface area contributed by atoms with E-state index in [0.717, 1.165) is 17.5 Å². The number of unbranched alkanes of at least 4 members (excludes halogenated alkanes) is 1. The third kappa shape index (κ3) is 4.86. The molecule has 0 saturated heterocycles. The molecule has 3 rings (SSSR count). The molecule has 0 aliphatic rings. The van der Waals surface area contributed by atoms with Crippen LogP contribution in [0.25, 0.3) is 0 Å². The molecule has 0 aliphatic carbocycles. The molecule has 3 aromatic rings. The minimum absolute atomic E-state index is 0.00971. The number of rotatable bonds is 8. The van der Waals surface area contributed by atoms with Gasteiger partial charge in [-0.15, -0.1) is 0 Å². The number of carbonyl (C=O) groups excluding carboxylic acids is 1. The van der Waals surface area contributed by atoms with Gasteiger partial charge in [0.2, 0.25) is 5.91 Å². The van der Waals surface area contributed by atoms with Crippen molar-refractivity contribution in [3.8, 4) is 0 Å². The molecule has 0 aliphatic heterocycles. The topological polar surface area (TPSA) is 101 Å². The van der Waals surface area contributed by atoms with Gasteiger partial charge < -0.3 is 10.6 Å². The van der Waals surface area contributed by atoms with Crippen LogP contribution in [0.3, 0.4) is 0 Å². The Balaban J connectivity index is 2.07. The van der Waals surface area contributed by atoms with Gasteiger partial charge in [-0.25, -0.2) is 4.79 Å². The molecule has 1 aromatic heterocycles. The molecule has 1 heterocycles. The largest absolute Gasteiger partial charge is 0.383 e. The van der Waals surface area contributed by atoms with E-state index in [1.807, 2.05) is 67.6 Å². The molecule has 3 N–H and O–H groups in total. The molecule has 1 amide bonds. The average Bonchev–Trinajstić information content (AvgIpc) is 2.75. The van der Waals surface area contributed by atoms with Crippen molar-refractivity contribution in [1.82, 2.24) is 9.55 Å². The van der Waals surface area contributed by atoms with Crippen LogP contribution in [0.15, 0.2) is 70.3 Å². The minimum Gasteiger partial charge on any atom is -0.383 e. The van der Waals surface area contributed by atoms with Gasteiger partial charge in [0, 0.05) is 6.42 Å². The quantitative estimate of drug-likeness (QED) is 0.601. The standard InChI is InChI=1S/C23H26N4O3/c1-2-3-14-19(28)26(15-17-10-6-4-7-11-17)20-21(24)27(23(30)25-22(20)29)16-18-12-8-5-9-13-18/h4-13H,2-3,14-16,24H2,1H3,(H,25,29,30). The van der Waals surface area contributed by atoms with Crippen LogP contribution in [0.4, 0.5) is 11.5 Å². The summed E-state index contributed by atoms with van der Waals surface area (Å²) >= 11 is 0. The Kier molecular flexibility index (Phi) is 6.85. The summed E-state index contributed by atoms with van der Waals surface area (Å²) in [5.74, 6) is -0.226. The first kappa shape index (κ1) is 21.1. The SMILES string of the molecule is CCCCC(=O)N(Cc1ccccc1)c1c(N)n(Cc2ccccc2)c(=O)[nH]c1=O. The fraction of sp³-hybridized carbons (Fsp3) is 0.261. The predicted molar refractivity (Wildman–Crippen MR) is 118 cm³/mol. The summed E-state index contributed by atoms with van der Waals surface area (Å²) in [5.41, 5.74) is 6.76. The molecule has 2 aromatic carbocycles. The number of hydrogen-bond acceptors (Lipinski definition) is 4. The molecule has 30 heavy (non-hydrogen) atoms. The number of H-pyrrole nitrogens is 1. The van der Waals surface area contributed by atoms with Gasteiger partial charge in [-0.1, -0.05) is 74.0 Å². The second kappa shape index (κ2) is 9.73. The summed E-state index contributed by atoms with van der Waals surface area (Å²) in [7, 11) is 0. The maximum atomic E-state index is 13.0. The van der Waals surface area contributed by atoms with Crippen LogP contribution in [-0.2, 0) is 17.9 Å². The monoisotopic (exact) mass is 406 g/mol. The summed E-state index contributed by atoms with van der Waals surface area (Å²) in [6.07, 6.45) is 1.84. The molecule has 0 atom stereocenters. The van der Waals surface area contributed by atoms with E-state index in [4.69, 9.17) is 5.73 Å². The highest BCUT2D eigenvalue weighted by molar-refractivity contribution is 5.95. The van der Waals surface area contributed by atoms with E-state index in [1.165, 1.54) is 9.47 Å². The number of anilines is 2. The zero-order valence-corrected chi connectivity index (χ0v) is 17.0. The second-order valence-electron chi connectivity index (χ2n) is 7.13. The van der Waals surface area contributed by atoms with Gasteiger partial charge in [0.15, 0.2) is 5.69 Å². The first-order valence-electron chi connectivity index (χ1n) is 10.0. The van der Waals surface area contributed by atoms with E-state index >= 15 is 0 Å². The third-order valence-corrected chi connectivity index (χ3v) is 4.90. The Hall–Kier alpha value is -3.61. The van der Waals surface area contributed by atoms with E-state index in [-0.39, 0.29) is 30.5 Å². The molecule has 0 spiro atoms. The summed E-state index contributed by atoms with van der Waals surface area (Å²) in [6, 6.07) is 18.7. The molecule has 7 heteroatoms. The van der Waals surface area contributed by atoms with Crippen molar-refractivity contribution in [3.63, 3.8) is 0 Å². The molecule has 7 nitrogen and oxygen atoms in total. The van der Waals surface area contributed by atoms with Crippen LogP contribution < -0.4 is 21.9 Å². The van der Waals surface area contributed by atoms with E-state index in [1.54, 1.807) is 0 Å². The first-order valence-corrected chi connectivity index (χ1v) is 10.0. The average molecular weight is 406 g/mol. The number of nitrogens with zero attached hydrogens (tertiary/aromatic N) is 2. The van der Waals surface area contributed by atoms with E-state index in [0.29, 0.717) is 12.8 Å². The lowest BCUT2D eigenvalue weighted by molar-refractivity contribution is -0.118. The Labute approximate surface area is 174 Å². The van der Waals surface area contributed by atoms with Crippen LogP contribution in [0.1, 0.15) is 37.3 Å². The Bertz CT molecular complexity index is 1100. The smallest absolute Gasteiger partial charge is 0.330 e. The normalized spacial score (nSPS) is 10.7. The summed E-state index contributed by atoms with van der Waals surface area (Å²) in [4.78, 5) is 41.9. The number of aromatic amines is 1. The highest BCUT2D eigenvalue weighted by Gasteiger charge is 2.24. The second-order valence-corrected chi connectivity index (χ2v) is 7.13. The van der Waals surface area contributed by atoms with E-state index < -0.39 is 11.2 Å². The van der Waals surface area contributed by atoms with Crippen molar-refractivity contribution in [1.29, 1.82) is 0 Å². The van der Waals surface area contributed by atoms with Crippen LogP contribution in [0.5, 0.6) is 0 Å². The fourth-order valence-corrected chi connectivity index (χ4v) is 3.28. The molecule has 156 valence electrons. The summed E-state index contributed by atoms with van der Waals surface area (Å²) in [5, 5.41) is 0. The van der Waals surface area contributed by atoms with Crippen molar-refractivity contribution >= 4 is 17.4 Å². The lowest BCUT2D eigenvalue weighted by atomic mass is 10.1. The number of hydrogen-bond donors (Lipinski definition) is 2. The van der Waals surface area contributed by atoms with Crippen molar-refractivity contribution in [2.75, 3.05) is 10.6 Å². The number of carbonyl (C=O) groups is 1. The maximum Gasteiger partial charge on any atom is 0.330 e. The molecule has 0 bridgehead atoms. The molecule has 0 unspecified atom stereocenters. The Morgan fingerprint density at radius 2 is 1.60 bits per heavy atom. The van der Waals surface area contributed by atoms with Crippen molar-refractivity contribution < 1.29 is 4.79 Å². The number of nitrogens with two attached hydrogens (primary N) is 1. The Morgan fingerprint density at radius 3 is 2.20 bits per heavy atom. The van der Waals surface area contributed by atoms with Crippen molar-refractivity contribution in [3.05, 3.63) is 92.6 Å². The minimum atomic E-state index is -0.664. The zero-order valence-electron chi connectivity index (χ0n) is 17.0. The molecular weight excluding hydrogens is 380 g/mol. The first-order chi connectivity index (χ1) is 14.5. The highest BCUT2D eigenvalue weighted by Crippen LogP contribution is 2.21. The predicted octanol–water partition coefficient (Wildman–Crippen LogP) is 2.89. The number of nitrogen functional groups attached to an aromatic ring is 1. The molecular formula is C23H26N4O3. The van der Waals surface area contributed by atoms with Gasteiger partial charge in [0.25, 0.3) is 5.56 Å². The molecule has 0 saturated carbocycles. The number of aromatic nitrogens is 2. The number of nitrogens with one attached hydrogen (secondary N) is 1. The highest BCUT2D eigenvalue weighted by atomic mass is 16.2. The van der Waals surface area contributed by atoms with Gasteiger partial charge in [0.05, 0.1) is 13.1 Å². The van der Waals surface area contributed by atoms with Gasteiger partial charge in [-0.3, -0.25) is 19.1 Å². The molecule has 0 fully saturated rings. The Morgan fingerprint density at radius 1 is 1.00 bits per heavy atom. The van der Waals surface area contributed by atoms with Crippen molar-refractivity contribution in [2.45, 2.75) is 39.3 Å². The maximum absolute atomic E-state index is 13.0. The van der Waals surface area contributed by atoms with Crippen LogP contribution >= 0.6 is 0 Å². The van der Waals surface area contributed by atoms with Crippen LogP contribution in [0.2, 0.25) is 0 Å². The van der Waals surface area contributed by atoms with Gasteiger partial charge in [0.1, 0.15) is 5.82 Å². The lowest BCUT2D eigenvalue weighted by Crippen LogP contribution is -2.41. The lowest BCUT2D eigenvalue weighted by Gasteiger charge is -2.25. The third-order valence-electron chi connectivity index (χ3n) is 4.90. The number of benzene rings is 2. The van der Waals surface area contributed by atoms with Gasteiger partial charge in [-0.05, 0) is 17.5 Å². The van der Waals surface area contributed by atoms with E-state index in [2.05, 4.69) is 4.98 Å². The fourth-order valence-electron chi connectivity index (χ4n) is 3.28. The molecule has 0 radical (unpaired) electrons. The summed E-state index contributed by atoms with van der Waals surface area (Å²) < 4.78 is 1.29. The van der Waals surface area contributed by atoms with E-state index in [9.17, 15) is 14.4 Å². The zero-order chi connectivity index (χ0) is 21.5. The van der Waals surface area contributed by atoms with Crippen LogP contribution in [0, 0.1) is 0 Å². The van der Waals surface area contributed by atoms with Crippen LogP contribution in [-0.4, -0.2) is 15.5 Å². The van der Waals surface area contributed by atoms with Crippen molar-refractivity contribution in [2.24, 2.45) is 0 Å². The summed E-state index contributed by atoms with van der Waals surface area (Å²) in [6.45, 7) is 2.38. The van der Waals surface area contributed by atoms with Gasteiger partial charge in [-0.2, -0.15) is 0 Å².